The third-order valence-corrected chi connectivity index (χ3v) is 6.30. The highest BCUT2D eigenvalue weighted by Gasteiger charge is 2.37. The molecule has 4 rings (SSSR count). The average molecular weight is 393 g/mol. The second kappa shape index (κ2) is 7.92. The maximum atomic E-state index is 5.82. The lowest BCUT2D eigenvalue weighted by Gasteiger charge is -2.40. The van der Waals surface area contributed by atoms with E-state index in [-0.39, 0.29) is 11.7 Å². The molecule has 1 aromatic rings. The van der Waals surface area contributed by atoms with Gasteiger partial charge < -0.3 is 14.4 Å². The van der Waals surface area contributed by atoms with Crippen molar-refractivity contribution in [2.45, 2.75) is 44.8 Å². The molecule has 1 saturated heterocycles. The van der Waals surface area contributed by atoms with Crippen molar-refractivity contribution in [2.24, 2.45) is 4.99 Å². The fraction of sp³-hybridized carbons (Fsp3) is 0.480. The number of allylic oxidation sites excluding steroid dienone is 6. The van der Waals surface area contributed by atoms with Crippen LogP contribution in [-0.2, 0) is 14.9 Å². The lowest BCUT2D eigenvalue weighted by atomic mass is 9.64. The lowest BCUT2D eigenvalue weighted by molar-refractivity contribution is -0.180. The first-order valence-corrected chi connectivity index (χ1v) is 10.6. The Kier molecular flexibility index (Phi) is 5.50. The van der Waals surface area contributed by atoms with E-state index < -0.39 is 0 Å². The number of fused-ring (bicyclic) bond motifs is 2. The molecule has 0 bridgehead atoms. The highest BCUT2D eigenvalue weighted by molar-refractivity contribution is 6.08. The molecule has 2 aliphatic carbocycles. The summed E-state index contributed by atoms with van der Waals surface area (Å²) in [7, 11) is 6.06. The highest BCUT2D eigenvalue weighted by atomic mass is 16.7. The van der Waals surface area contributed by atoms with Crippen molar-refractivity contribution in [3.63, 3.8) is 0 Å². The summed E-state index contributed by atoms with van der Waals surface area (Å²) in [5.41, 5.74) is 8.98. The summed E-state index contributed by atoms with van der Waals surface area (Å²) in [5, 5.41) is 0. The molecule has 0 unspecified atom stereocenters. The smallest absolute Gasteiger partial charge is 0.157 e. The Morgan fingerprint density at radius 3 is 2.59 bits per heavy atom. The van der Waals surface area contributed by atoms with Gasteiger partial charge in [0, 0.05) is 38.7 Å². The molecule has 0 saturated carbocycles. The summed E-state index contributed by atoms with van der Waals surface area (Å²) in [4.78, 5) is 6.61. The van der Waals surface area contributed by atoms with Crippen molar-refractivity contribution in [1.29, 1.82) is 0 Å². The maximum Gasteiger partial charge on any atom is 0.157 e. The fourth-order valence-electron chi connectivity index (χ4n) is 4.57. The Morgan fingerprint density at radius 1 is 1.14 bits per heavy atom. The fourth-order valence-corrected chi connectivity index (χ4v) is 4.57. The Hall–Kier alpha value is -2.17. The van der Waals surface area contributed by atoms with E-state index in [9.17, 15) is 0 Å². The molecule has 1 heterocycles. The van der Waals surface area contributed by atoms with E-state index in [4.69, 9.17) is 9.47 Å². The summed E-state index contributed by atoms with van der Waals surface area (Å²) in [6.45, 7) is 6.25. The number of aliphatic imine (C=N–C) groups is 1. The maximum absolute atomic E-state index is 5.82. The van der Waals surface area contributed by atoms with Crippen LogP contribution in [0.5, 0.6) is 0 Å². The van der Waals surface area contributed by atoms with Gasteiger partial charge in [-0.1, -0.05) is 26.0 Å². The van der Waals surface area contributed by atoms with Crippen LogP contribution in [0.2, 0.25) is 0 Å². The minimum absolute atomic E-state index is 0.0846. The van der Waals surface area contributed by atoms with E-state index in [1.807, 2.05) is 7.05 Å². The van der Waals surface area contributed by atoms with E-state index in [1.54, 1.807) is 0 Å². The number of rotatable bonds is 4. The highest BCUT2D eigenvalue weighted by Crippen LogP contribution is 2.50. The van der Waals surface area contributed by atoms with Gasteiger partial charge in [0.15, 0.2) is 6.29 Å². The molecule has 0 atom stereocenters. The molecule has 0 spiro atoms. The van der Waals surface area contributed by atoms with Gasteiger partial charge in [0.1, 0.15) is 0 Å². The summed E-state index contributed by atoms with van der Waals surface area (Å²) >= 11 is 0. The largest absolute Gasteiger partial charge is 0.378 e. The van der Waals surface area contributed by atoms with E-state index in [2.05, 4.69) is 74.3 Å². The molecule has 3 aliphatic rings. The summed E-state index contributed by atoms with van der Waals surface area (Å²) in [6.07, 6.45) is 9.35. The molecule has 4 heteroatoms. The molecule has 0 amide bonds. The zero-order valence-corrected chi connectivity index (χ0v) is 18.3. The predicted octanol–water partition coefficient (Wildman–Crippen LogP) is 4.91. The zero-order chi connectivity index (χ0) is 20.6. The van der Waals surface area contributed by atoms with Crippen LogP contribution in [0.3, 0.4) is 0 Å². The van der Waals surface area contributed by atoms with Crippen molar-refractivity contribution in [1.82, 2.24) is 0 Å². The zero-order valence-electron chi connectivity index (χ0n) is 18.3. The van der Waals surface area contributed by atoms with Gasteiger partial charge in [0.2, 0.25) is 0 Å². The van der Waals surface area contributed by atoms with E-state index in [0.29, 0.717) is 0 Å². The van der Waals surface area contributed by atoms with Gasteiger partial charge >= 0.3 is 0 Å². The molecule has 1 aromatic carbocycles. The van der Waals surface area contributed by atoms with Crippen LogP contribution in [-0.4, -0.2) is 46.4 Å². The number of ether oxygens (including phenoxy) is 2. The molecule has 0 aromatic heterocycles. The Morgan fingerprint density at radius 2 is 1.90 bits per heavy atom. The second-order valence-electron chi connectivity index (χ2n) is 8.74. The van der Waals surface area contributed by atoms with Crippen LogP contribution in [0.25, 0.3) is 5.57 Å². The molecule has 0 radical (unpaired) electrons. The second-order valence-corrected chi connectivity index (χ2v) is 8.74. The number of benzene rings is 1. The summed E-state index contributed by atoms with van der Waals surface area (Å²) in [6, 6.07) is 6.87. The standard InChI is InChI=1S/C25H32N2O2/c1-25(2)22-15-17(26-3)7-9-20(22)19(11-12-24-28-13-6-14-29-24)21-10-8-18(27(4)5)16-23(21)25/h7-10,15-16,24H,6,11-14H2,1-5H3. The van der Waals surface area contributed by atoms with Crippen molar-refractivity contribution >= 4 is 17.0 Å². The summed E-state index contributed by atoms with van der Waals surface area (Å²) in [5.74, 6) is 0. The Bertz CT molecular complexity index is 913. The average Bonchev–Trinajstić information content (AvgIpc) is 2.74. The Labute approximate surface area is 174 Å². The van der Waals surface area contributed by atoms with Crippen molar-refractivity contribution < 1.29 is 9.47 Å². The predicted molar refractivity (Wildman–Crippen MR) is 121 cm³/mol. The number of hydrogen-bond acceptors (Lipinski definition) is 4. The van der Waals surface area contributed by atoms with Gasteiger partial charge in [-0.15, -0.1) is 0 Å². The van der Waals surface area contributed by atoms with Crippen molar-refractivity contribution in [3.8, 4) is 0 Å². The first kappa shape index (κ1) is 20.1. The minimum Gasteiger partial charge on any atom is -0.378 e. The molecule has 29 heavy (non-hydrogen) atoms. The van der Waals surface area contributed by atoms with Gasteiger partial charge in [-0.3, -0.25) is 4.99 Å². The van der Waals surface area contributed by atoms with Gasteiger partial charge in [-0.05, 0) is 65.0 Å². The summed E-state index contributed by atoms with van der Waals surface area (Å²) < 4.78 is 11.6. The minimum atomic E-state index is -0.0935. The van der Waals surface area contributed by atoms with Crippen LogP contribution in [0.1, 0.15) is 44.2 Å². The van der Waals surface area contributed by atoms with E-state index >= 15 is 0 Å². The van der Waals surface area contributed by atoms with Crippen molar-refractivity contribution in [3.05, 3.63) is 58.7 Å². The van der Waals surface area contributed by atoms with E-state index in [0.717, 1.165) is 38.2 Å². The normalized spacial score (nSPS) is 22.4. The van der Waals surface area contributed by atoms with Crippen molar-refractivity contribution in [2.75, 3.05) is 39.3 Å². The molecule has 154 valence electrons. The third-order valence-electron chi connectivity index (χ3n) is 6.30. The van der Waals surface area contributed by atoms with Crippen LogP contribution < -0.4 is 4.90 Å². The number of hydrogen-bond donors (Lipinski definition) is 0. The van der Waals surface area contributed by atoms with E-state index in [1.165, 1.54) is 33.5 Å². The number of anilines is 1. The third kappa shape index (κ3) is 3.72. The first-order chi connectivity index (χ1) is 13.9. The molecular weight excluding hydrogens is 360 g/mol. The molecular formula is C25H32N2O2. The monoisotopic (exact) mass is 392 g/mol. The molecule has 4 nitrogen and oxygen atoms in total. The van der Waals surface area contributed by atoms with Crippen LogP contribution in [0.15, 0.2) is 52.6 Å². The van der Waals surface area contributed by atoms with Crippen LogP contribution in [0.4, 0.5) is 5.69 Å². The molecule has 1 aliphatic heterocycles. The molecule has 0 N–H and O–H groups in total. The van der Waals surface area contributed by atoms with Crippen LogP contribution in [0, 0.1) is 0 Å². The van der Waals surface area contributed by atoms with Gasteiger partial charge in [0.05, 0.1) is 18.9 Å². The first-order valence-electron chi connectivity index (χ1n) is 10.6. The SMILES string of the molecule is CN=C1C=CC2=C(CCC3OCCCO3)c3ccc(N(C)C)cc3C(C)(C)C2=C1. The van der Waals surface area contributed by atoms with Crippen LogP contribution >= 0.6 is 0 Å². The van der Waals surface area contributed by atoms with Gasteiger partial charge in [-0.25, -0.2) is 0 Å². The topological polar surface area (TPSA) is 34.1 Å². The van der Waals surface area contributed by atoms with Gasteiger partial charge in [0.25, 0.3) is 0 Å². The quantitative estimate of drug-likeness (QED) is 0.730. The van der Waals surface area contributed by atoms with Gasteiger partial charge in [-0.2, -0.15) is 0 Å². The lowest BCUT2D eigenvalue weighted by Crippen LogP contribution is -2.30. The molecule has 1 fully saturated rings. The Balaban J connectivity index is 1.80. The number of nitrogens with zero attached hydrogens (tertiary/aromatic N) is 2.